The van der Waals surface area contributed by atoms with Gasteiger partial charge in [-0.15, -0.1) is 0 Å². The van der Waals surface area contributed by atoms with Crippen molar-refractivity contribution in [3.05, 3.63) is 64.1 Å². The third-order valence-corrected chi connectivity index (χ3v) is 4.61. The molecule has 2 N–H and O–H groups in total. The normalized spacial score (nSPS) is 10.4. The lowest BCUT2D eigenvalue weighted by molar-refractivity contribution is 0.341. The molecule has 3 aromatic rings. The van der Waals surface area contributed by atoms with Crippen molar-refractivity contribution in [2.24, 2.45) is 0 Å². The molecule has 2 aromatic carbocycles. The van der Waals surface area contributed by atoms with Crippen LogP contribution in [0, 0.1) is 18.3 Å². The fourth-order valence-electron chi connectivity index (χ4n) is 2.89. The Balaban J connectivity index is 2.30. The van der Waals surface area contributed by atoms with Crippen molar-refractivity contribution >= 4 is 21.7 Å². The smallest absolute Gasteiger partial charge is 0.142 e. The largest absolute Gasteiger partial charge is 0.493 e. The summed E-state index contributed by atoms with van der Waals surface area (Å²) in [4.78, 5) is 4.46. The zero-order valence-electron chi connectivity index (χ0n) is 14.6. The quantitative estimate of drug-likeness (QED) is 0.633. The monoisotopic (exact) mass is 407 g/mol. The molecule has 130 valence electrons. The maximum Gasteiger partial charge on any atom is 0.142 e. The van der Waals surface area contributed by atoms with Gasteiger partial charge in [0.25, 0.3) is 0 Å². The molecular weight excluding hydrogens is 390 g/mol. The van der Waals surface area contributed by atoms with Gasteiger partial charge in [-0.1, -0.05) is 40.2 Å². The summed E-state index contributed by atoms with van der Waals surface area (Å²) in [5.41, 5.74) is 10.8. The molecule has 0 saturated carbocycles. The van der Waals surface area contributed by atoms with Crippen LogP contribution in [0.4, 0.5) is 5.82 Å². The summed E-state index contributed by atoms with van der Waals surface area (Å²) in [5, 5.41) is 9.64. The lowest BCUT2D eigenvalue weighted by Crippen LogP contribution is -2.02. The summed E-state index contributed by atoms with van der Waals surface area (Å²) >= 11 is 3.50. The third kappa shape index (κ3) is 3.42. The van der Waals surface area contributed by atoms with Gasteiger partial charge in [-0.25, -0.2) is 4.98 Å². The summed E-state index contributed by atoms with van der Waals surface area (Å²) in [6, 6.07) is 17.8. The molecule has 0 aliphatic heterocycles. The van der Waals surface area contributed by atoms with Gasteiger partial charge in [0.15, 0.2) is 0 Å². The van der Waals surface area contributed by atoms with Gasteiger partial charge in [0, 0.05) is 21.2 Å². The van der Waals surface area contributed by atoms with Crippen molar-refractivity contribution in [2.45, 2.75) is 13.8 Å². The maximum atomic E-state index is 9.64. The molecule has 1 heterocycles. The third-order valence-electron chi connectivity index (χ3n) is 4.11. The van der Waals surface area contributed by atoms with E-state index in [2.05, 4.69) is 27.0 Å². The van der Waals surface area contributed by atoms with Gasteiger partial charge in [-0.3, -0.25) is 0 Å². The molecule has 3 rings (SSSR count). The Morgan fingerprint density at radius 3 is 2.58 bits per heavy atom. The second kappa shape index (κ2) is 7.59. The number of hydrogen-bond donors (Lipinski definition) is 1. The molecule has 0 bridgehead atoms. The lowest BCUT2D eigenvalue weighted by atomic mass is 9.96. The molecule has 0 spiro atoms. The second-order valence-corrected chi connectivity index (χ2v) is 6.73. The van der Waals surface area contributed by atoms with E-state index in [1.807, 2.05) is 62.4 Å². The Labute approximate surface area is 161 Å². The number of aryl methyl sites for hydroxylation is 1. The Kier molecular flexibility index (Phi) is 5.24. The molecule has 0 aliphatic rings. The van der Waals surface area contributed by atoms with Crippen LogP contribution < -0.4 is 10.5 Å². The molecule has 0 saturated heterocycles. The lowest BCUT2D eigenvalue weighted by Gasteiger charge is -2.15. The second-order valence-electron chi connectivity index (χ2n) is 5.82. The number of ether oxygens (including phenoxy) is 1. The van der Waals surface area contributed by atoms with Gasteiger partial charge in [0.1, 0.15) is 23.2 Å². The number of nitrogen functional groups attached to an aromatic ring is 1. The van der Waals surface area contributed by atoms with E-state index >= 15 is 0 Å². The standard InChI is InChI=1S/C21H18BrN3O/c1-3-26-20-9-8-14(22)10-17(20)16-11-19(25-21(24)18(16)12-23)15-7-5-4-6-13(15)2/h4-11H,3H2,1-2H3,(H2,24,25). The first-order valence-corrected chi connectivity index (χ1v) is 9.03. The number of benzene rings is 2. The highest BCUT2D eigenvalue weighted by Gasteiger charge is 2.17. The van der Waals surface area contributed by atoms with Crippen LogP contribution in [-0.4, -0.2) is 11.6 Å². The summed E-state index contributed by atoms with van der Waals surface area (Å²) in [6.07, 6.45) is 0. The first-order chi connectivity index (χ1) is 12.5. The van der Waals surface area contributed by atoms with Crippen molar-refractivity contribution in [1.29, 1.82) is 5.26 Å². The predicted octanol–water partition coefficient (Wildman–Crippen LogP) is 5.34. The molecule has 1 aromatic heterocycles. The van der Waals surface area contributed by atoms with Crippen LogP contribution in [0.15, 0.2) is 53.0 Å². The maximum absolute atomic E-state index is 9.64. The van der Waals surface area contributed by atoms with Crippen molar-refractivity contribution in [1.82, 2.24) is 4.98 Å². The van der Waals surface area contributed by atoms with Crippen molar-refractivity contribution in [3.63, 3.8) is 0 Å². The molecular formula is C21H18BrN3O. The van der Waals surface area contributed by atoms with Crippen LogP contribution in [0.5, 0.6) is 5.75 Å². The predicted molar refractivity (Wildman–Crippen MR) is 108 cm³/mol. The number of halogens is 1. The SMILES string of the molecule is CCOc1ccc(Br)cc1-c1cc(-c2ccccc2C)nc(N)c1C#N. The molecule has 0 radical (unpaired) electrons. The minimum Gasteiger partial charge on any atom is -0.493 e. The number of aromatic nitrogens is 1. The van der Waals surface area contributed by atoms with Gasteiger partial charge in [0.2, 0.25) is 0 Å². The van der Waals surface area contributed by atoms with Gasteiger partial charge >= 0.3 is 0 Å². The van der Waals surface area contributed by atoms with Gasteiger partial charge in [-0.05, 0) is 43.7 Å². The van der Waals surface area contributed by atoms with Crippen LogP contribution in [0.3, 0.4) is 0 Å². The Morgan fingerprint density at radius 1 is 1.12 bits per heavy atom. The van der Waals surface area contributed by atoms with Gasteiger partial charge in [-0.2, -0.15) is 5.26 Å². The van der Waals surface area contributed by atoms with E-state index in [1.165, 1.54) is 0 Å². The zero-order chi connectivity index (χ0) is 18.7. The van der Waals surface area contributed by atoms with Crippen LogP contribution in [-0.2, 0) is 0 Å². The van der Waals surface area contributed by atoms with E-state index in [1.54, 1.807) is 0 Å². The molecule has 0 unspecified atom stereocenters. The molecule has 26 heavy (non-hydrogen) atoms. The Bertz CT molecular complexity index is 1010. The highest BCUT2D eigenvalue weighted by atomic mass is 79.9. The number of nitriles is 1. The van der Waals surface area contributed by atoms with E-state index in [0.29, 0.717) is 23.5 Å². The molecule has 0 fully saturated rings. The number of anilines is 1. The Morgan fingerprint density at radius 2 is 1.88 bits per heavy atom. The summed E-state index contributed by atoms with van der Waals surface area (Å²) in [6.45, 7) is 4.48. The van der Waals surface area contributed by atoms with E-state index in [9.17, 15) is 5.26 Å². The molecule has 0 atom stereocenters. The number of rotatable bonds is 4. The number of nitrogens with zero attached hydrogens (tertiary/aromatic N) is 2. The van der Waals surface area contributed by atoms with E-state index in [-0.39, 0.29) is 5.82 Å². The highest BCUT2D eigenvalue weighted by molar-refractivity contribution is 9.10. The average molecular weight is 408 g/mol. The first-order valence-electron chi connectivity index (χ1n) is 8.24. The van der Waals surface area contributed by atoms with Crippen LogP contribution in [0.2, 0.25) is 0 Å². The summed E-state index contributed by atoms with van der Waals surface area (Å²) < 4.78 is 6.66. The van der Waals surface area contributed by atoms with Gasteiger partial charge < -0.3 is 10.5 Å². The van der Waals surface area contributed by atoms with E-state index < -0.39 is 0 Å². The van der Waals surface area contributed by atoms with Crippen LogP contribution >= 0.6 is 15.9 Å². The van der Waals surface area contributed by atoms with Crippen LogP contribution in [0.25, 0.3) is 22.4 Å². The molecule has 0 amide bonds. The summed E-state index contributed by atoms with van der Waals surface area (Å²) in [5.74, 6) is 0.916. The van der Waals surface area contributed by atoms with E-state index in [0.717, 1.165) is 26.9 Å². The number of hydrogen-bond acceptors (Lipinski definition) is 4. The molecule has 4 nitrogen and oxygen atoms in total. The number of nitrogens with two attached hydrogens (primary N) is 1. The molecule has 5 heteroatoms. The highest BCUT2D eigenvalue weighted by Crippen LogP contribution is 2.38. The van der Waals surface area contributed by atoms with Crippen molar-refractivity contribution < 1.29 is 4.74 Å². The fraction of sp³-hybridized carbons (Fsp3) is 0.143. The first kappa shape index (κ1) is 18.0. The van der Waals surface area contributed by atoms with E-state index in [4.69, 9.17) is 10.5 Å². The van der Waals surface area contributed by atoms with Crippen LogP contribution in [0.1, 0.15) is 18.1 Å². The molecule has 0 aliphatic carbocycles. The average Bonchev–Trinajstić information content (AvgIpc) is 2.63. The minimum absolute atomic E-state index is 0.214. The zero-order valence-corrected chi connectivity index (χ0v) is 16.2. The number of pyridine rings is 1. The summed E-state index contributed by atoms with van der Waals surface area (Å²) in [7, 11) is 0. The van der Waals surface area contributed by atoms with Crippen molar-refractivity contribution in [3.8, 4) is 34.2 Å². The van der Waals surface area contributed by atoms with Gasteiger partial charge in [0.05, 0.1) is 12.3 Å². The van der Waals surface area contributed by atoms with Crippen molar-refractivity contribution in [2.75, 3.05) is 12.3 Å². The Hall–Kier alpha value is -2.84. The minimum atomic E-state index is 0.214. The fourth-order valence-corrected chi connectivity index (χ4v) is 3.25. The topological polar surface area (TPSA) is 71.9 Å².